The van der Waals surface area contributed by atoms with Crippen LogP contribution in [0.5, 0.6) is 5.75 Å². The molecule has 2 fully saturated rings. The number of amides is 1. The lowest BCUT2D eigenvalue weighted by Crippen LogP contribution is -2.45. The fraction of sp³-hybridized carbons (Fsp3) is 0.611. The summed E-state index contributed by atoms with van der Waals surface area (Å²) in [7, 11) is 0. The van der Waals surface area contributed by atoms with E-state index in [1.807, 2.05) is 31.2 Å². The number of ether oxygens (including phenoxy) is 1. The van der Waals surface area contributed by atoms with Gasteiger partial charge in [0.15, 0.2) is 0 Å². The van der Waals surface area contributed by atoms with Crippen LogP contribution in [0.2, 0.25) is 0 Å². The Morgan fingerprint density at radius 3 is 2.82 bits per heavy atom. The minimum atomic E-state index is 0.0380. The standard InChI is InChI=1S/C18H26N2O2/c1-12-5-2-3-6-15(12)22-10-4-9-20-18(21)16-13-7-8-14(11-13)17(16)19/h2-3,5-6,13-14,16-17H,4,7-11,19H2,1H3,(H,20,21). The Labute approximate surface area is 132 Å². The van der Waals surface area contributed by atoms with Gasteiger partial charge in [0, 0.05) is 12.6 Å². The van der Waals surface area contributed by atoms with E-state index in [2.05, 4.69) is 5.32 Å². The van der Waals surface area contributed by atoms with Gasteiger partial charge < -0.3 is 15.8 Å². The van der Waals surface area contributed by atoms with E-state index in [1.54, 1.807) is 0 Å². The van der Waals surface area contributed by atoms with Crippen molar-refractivity contribution in [3.63, 3.8) is 0 Å². The van der Waals surface area contributed by atoms with Crippen molar-refractivity contribution in [2.24, 2.45) is 23.5 Å². The third-order valence-electron chi connectivity index (χ3n) is 5.25. The van der Waals surface area contributed by atoms with Crippen LogP contribution in [0.3, 0.4) is 0 Å². The maximum Gasteiger partial charge on any atom is 0.224 e. The van der Waals surface area contributed by atoms with Gasteiger partial charge in [-0.15, -0.1) is 0 Å². The number of hydrogen-bond donors (Lipinski definition) is 2. The van der Waals surface area contributed by atoms with Crippen LogP contribution in [0.25, 0.3) is 0 Å². The van der Waals surface area contributed by atoms with Gasteiger partial charge in [0.2, 0.25) is 5.91 Å². The van der Waals surface area contributed by atoms with Gasteiger partial charge in [-0.1, -0.05) is 18.2 Å². The topological polar surface area (TPSA) is 64.3 Å². The second-order valence-corrected chi connectivity index (χ2v) is 6.69. The fourth-order valence-corrected chi connectivity index (χ4v) is 4.03. The molecule has 4 heteroatoms. The largest absolute Gasteiger partial charge is 0.493 e. The summed E-state index contributed by atoms with van der Waals surface area (Å²) in [5.41, 5.74) is 7.34. The number of carbonyl (C=O) groups is 1. The zero-order valence-electron chi connectivity index (χ0n) is 13.3. The highest BCUT2D eigenvalue weighted by atomic mass is 16.5. The van der Waals surface area contributed by atoms with Gasteiger partial charge in [-0.25, -0.2) is 0 Å². The van der Waals surface area contributed by atoms with Crippen molar-refractivity contribution in [1.29, 1.82) is 0 Å². The monoisotopic (exact) mass is 302 g/mol. The summed E-state index contributed by atoms with van der Waals surface area (Å²) in [5.74, 6) is 2.20. The number of para-hydroxylation sites is 1. The van der Waals surface area contributed by atoms with Crippen LogP contribution >= 0.6 is 0 Å². The fourth-order valence-electron chi connectivity index (χ4n) is 4.03. The zero-order chi connectivity index (χ0) is 15.5. The number of benzene rings is 1. The van der Waals surface area contributed by atoms with Crippen LogP contribution < -0.4 is 15.8 Å². The first-order chi connectivity index (χ1) is 10.7. The molecule has 2 aliphatic rings. The molecule has 0 aliphatic heterocycles. The van der Waals surface area contributed by atoms with Crippen molar-refractivity contribution in [2.75, 3.05) is 13.2 Å². The molecule has 0 radical (unpaired) electrons. The number of aryl methyl sites for hydroxylation is 1. The summed E-state index contributed by atoms with van der Waals surface area (Å²) in [6.07, 6.45) is 4.35. The maximum atomic E-state index is 12.3. The van der Waals surface area contributed by atoms with E-state index in [9.17, 15) is 4.79 Å². The Bertz CT molecular complexity index is 530. The van der Waals surface area contributed by atoms with E-state index >= 15 is 0 Å². The summed E-state index contributed by atoms with van der Waals surface area (Å²) in [6, 6.07) is 8.05. The summed E-state index contributed by atoms with van der Waals surface area (Å²) in [5, 5.41) is 3.04. The molecule has 1 amide bonds. The molecule has 1 aromatic rings. The molecule has 3 N–H and O–H groups in total. The first-order valence-electron chi connectivity index (χ1n) is 8.38. The van der Waals surface area contributed by atoms with E-state index < -0.39 is 0 Å². The van der Waals surface area contributed by atoms with E-state index in [-0.39, 0.29) is 17.9 Å². The molecule has 4 atom stereocenters. The first-order valence-corrected chi connectivity index (χ1v) is 8.38. The van der Waals surface area contributed by atoms with E-state index in [0.29, 0.717) is 25.0 Å². The van der Waals surface area contributed by atoms with Crippen molar-refractivity contribution >= 4 is 5.91 Å². The van der Waals surface area contributed by atoms with Crippen LogP contribution in [0.4, 0.5) is 0 Å². The number of carbonyl (C=O) groups excluding carboxylic acids is 1. The molecule has 1 aromatic carbocycles. The van der Waals surface area contributed by atoms with Gasteiger partial charge in [0.05, 0.1) is 12.5 Å². The Morgan fingerprint density at radius 1 is 1.32 bits per heavy atom. The van der Waals surface area contributed by atoms with Gasteiger partial charge in [-0.3, -0.25) is 4.79 Å². The average Bonchev–Trinajstić information content (AvgIpc) is 3.09. The highest BCUT2D eigenvalue weighted by Gasteiger charge is 2.48. The van der Waals surface area contributed by atoms with Gasteiger partial charge in [0.1, 0.15) is 5.75 Å². The van der Waals surface area contributed by atoms with Gasteiger partial charge in [-0.05, 0) is 56.1 Å². The molecular formula is C18H26N2O2. The van der Waals surface area contributed by atoms with Gasteiger partial charge in [-0.2, -0.15) is 0 Å². The van der Waals surface area contributed by atoms with E-state index in [4.69, 9.17) is 10.5 Å². The lowest BCUT2D eigenvalue weighted by atomic mass is 9.84. The van der Waals surface area contributed by atoms with Crippen LogP contribution in [-0.4, -0.2) is 25.1 Å². The minimum absolute atomic E-state index is 0.0380. The summed E-state index contributed by atoms with van der Waals surface area (Å²) in [4.78, 5) is 12.3. The number of nitrogens with two attached hydrogens (primary N) is 1. The Kier molecular flexibility index (Phi) is 4.67. The van der Waals surface area contributed by atoms with Crippen molar-refractivity contribution < 1.29 is 9.53 Å². The molecule has 2 aliphatic carbocycles. The van der Waals surface area contributed by atoms with Crippen LogP contribution in [0.1, 0.15) is 31.2 Å². The molecule has 2 saturated carbocycles. The smallest absolute Gasteiger partial charge is 0.224 e. The molecule has 2 bridgehead atoms. The highest BCUT2D eigenvalue weighted by molar-refractivity contribution is 5.80. The Morgan fingerprint density at radius 2 is 2.09 bits per heavy atom. The third-order valence-corrected chi connectivity index (χ3v) is 5.25. The predicted molar refractivity (Wildman–Crippen MR) is 86.6 cm³/mol. The highest BCUT2D eigenvalue weighted by Crippen LogP contribution is 2.47. The van der Waals surface area contributed by atoms with Crippen molar-refractivity contribution in [3.05, 3.63) is 29.8 Å². The number of nitrogens with one attached hydrogen (secondary N) is 1. The predicted octanol–water partition coefficient (Wildman–Crippen LogP) is 2.25. The minimum Gasteiger partial charge on any atom is -0.493 e. The SMILES string of the molecule is Cc1ccccc1OCCCNC(=O)C1C2CCC(C2)C1N. The molecule has 3 rings (SSSR count). The van der Waals surface area contributed by atoms with Crippen LogP contribution in [0, 0.1) is 24.7 Å². The summed E-state index contributed by atoms with van der Waals surface area (Å²) < 4.78 is 5.74. The van der Waals surface area contributed by atoms with Crippen molar-refractivity contribution in [3.8, 4) is 5.75 Å². The Balaban J connectivity index is 1.37. The van der Waals surface area contributed by atoms with Gasteiger partial charge in [0.25, 0.3) is 0 Å². The third kappa shape index (κ3) is 3.12. The van der Waals surface area contributed by atoms with Crippen molar-refractivity contribution in [2.45, 2.75) is 38.6 Å². The Hall–Kier alpha value is -1.55. The lowest BCUT2D eigenvalue weighted by Gasteiger charge is -2.27. The van der Waals surface area contributed by atoms with Gasteiger partial charge >= 0.3 is 0 Å². The molecule has 22 heavy (non-hydrogen) atoms. The molecule has 4 unspecified atom stereocenters. The van der Waals surface area contributed by atoms with E-state index in [1.165, 1.54) is 12.8 Å². The average molecular weight is 302 g/mol. The van der Waals surface area contributed by atoms with Crippen LogP contribution in [0.15, 0.2) is 24.3 Å². The number of fused-ring (bicyclic) bond motifs is 2. The quantitative estimate of drug-likeness (QED) is 0.792. The molecular weight excluding hydrogens is 276 g/mol. The van der Waals surface area contributed by atoms with E-state index in [0.717, 1.165) is 24.2 Å². The molecule has 0 spiro atoms. The van der Waals surface area contributed by atoms with Crippen LogP contribution in [-0.2, 0) is 4.79 Å². The molecule has 4 nitrogen and oxygen atoms in total. The molecule has 0 aromatic heterocycles. The molecule has 0 saturated heterocycles. The summed E-state index contributed by atoms with van der Waals surface area (Å²) in [6.45, 7) is 3.31. The summed E-state index contributed by atoms with van der Waals surface area (Å²) >= 11 is 0. The first kappa shape index (κ1) is 15.3. The van der Waals surface area contributed by atoms with Crippen molar-refractivity contribution in [1.82, 2.24) is 5.32 Å². The molecule has 0 heterocycles. The number of hydrogen-bond acceptors (Lipinski definition) is 3. The normalized spacial score (nSPS) is 29.5. The molecule has 120 valence electrons. The second kappa shape index (κ2) is 6.69. The second-order valence-electron chi connectivity index (χ2n) is 6.69. The number of rotatable bonds is 6. The zero-order valence-corrected chi connectivity index (χ0v) is 13.3. The maximum absolute atomic E-state index is 12.3. The lowest BCUT2D eigenvalue weighted by molar-refractivity contribution is -0.127.